The first-order chi connectivity index (χ1) is 11.3. The first-order valence-electron chi connectivity index (χ1n) is 7.86. The molecule has 0 N–H and O–H groups in total. The van der Waals surface area contributed by atoms with Gasteiger partial charge in [-0.1, -0.05) is 30.3 Å². The number of ether oxygens (including phenoxy) is 1. The summed E-state index contributed by atoms with van der Waals surface area (Å²) in [5.41, 5.74) is 3.66. The molecule has 0 bridgehead atoms. The van der Waals surface area contributed by atoms with Crippen LogP contribution in [-0.4, -0.2) is 23.2 Å². The van der Waals surface area contributed by atoms with Gasteiger partial charge in [-0.05, 0) is 30.7 Å². The normalized spacial score (nSPS) is 15.9. The summed E-state index contributed by atoms with van der Waals surface area (Å²) in [4.78, 5) is 6.91. The van der Waals surface area contributed by atoms with E-state index in [2.05, 4.69) is 63.8 Å². The van der Waals surface area contributed by atoms with Gasteiger partial charge in [-0.25, -0.2) is 4.98 Å². The Morgan fingerprint density at radius 3 is 2.70 bits per heavy atom. The lowest BCUT2D eigenvalue weighted by molar-refractivity contribution is 0.413. The van der Waals surface area contributed by atoms with Crippen LogP contribution < -0.4 is 9.64 Å². The number of hydrogen-bond acceptors (Lipinski definition) is 3. The Kier molecular flexibility index (Phi) is 3.30. The fourth-order valence-corrected chi connectivity index (χ4v) is 3.40. The number of anilines is 1. The summed E-state index contributed by atoms with van der Waals surface area (Å²) >= 11 is 0. The largest absolute Gasteiger partial charge is 0.497 e. The van der Waals surface area contributed by atoms with Crippen LogP contribution in [0.3, 0.4) is 0 Å². The zero-order valence-electron chi connectivity index (χ0n) is 13.3. The van der Waals surface area contributed by atoms with E-state index in [1.807, 2.05) is 18.5 Å². The van der Waals surface area contributed by atoms with Crippen LogP contribution in [0, 0.1) is 0 Å². The second kappa shape index (κ2) is 5.47. The van der Waals surface area contributed by atoms with Gasteiger partial charge in [-0.2, -0.15) is 0 Å². The van der Waals surface area contributed by atoms with Gasteiger partial charge in [-0.3, -0.25) is 4.57 Å². The highest BCUT2D eigenvalue weighted by Gasteiger charge is 2.32. The van der Waals surface area contributed by atoms with E-state index in [0.717, 1.165) is 23.9 Å². The molecule has 0 aliphatic carbocycles. The minimum absolute atomic E-state index is 0.140. The zero-order valence-corrected chi connectivity index (χ0v) is 13.3. The molecule has 2 heterocycles. The molecule has 1 aromatic heterocycles. The predicted octanol–water partition coefficient (Wildman–Crippen LogP) is 3.81. The van der Waals surface area contributed by atoms with Crippen molar-refractivity contribution in [3.63, 3.8) is 0 Å². The number of benzene rings is 2. The van der Waals surface area contributed by atoms with Gasteiger partial charge < -0.3 is 9.64 Å². The Morgan fingerprint density at radius 2 is 1.96 bits per heavy atom. The standard InChI is InChI=1S/C19H19N3O/c1-3-21-18(14-7-5-4-6-8-14)16-13-15(23-2)9-10-17(16)22-12-11-20-19(21)22/h4-13,18H,3H2,1-2H3. The summed E-state index contributed by atoms with van der Waals surface area (Å²) in [5.74, 6) is 1.86. The van der Waals surface area contributed by atoms with Crippen LogP contribution in [0.1, 0.15) is 24.1 Å². The Morgan fingerprint density at radius 1 is 1.13 bits per heavy atom. The second-order valence-electron chi connectivity index (χ2n) is 5.62. The number of nitrogens with zero attached hydrogens (tertiary/aromatic N) is 3. The maximum Gasteiger partial charge on any atom is 0.210 e. The van der Waals surface area contributed by atoms with E-state index in [-0.39, 0.29) is 6.04 Å². The molecule has 4 nitrogen and oxygen atoms in total. The van der Waals surface area contributed by atoms with Crippen molar-refractivity contribution in [3.8, 4) is 11.4 Å². The van der Waals surface area contributed by atoms with Gasteiger partial charge >= 0.3 is 0 Å². The zero-order chi connectivity index (χ0) is 15.8. The van der Waals surface area contributed by atoms with Crippen LogP contribution >= 0.6 is 0 Å². The lowest BCUT2D eigenvalue weighted by Gasteiger charge is -2.38. The molecule has 116 valence electrons. The average Bonchev–Trinajstić information content (AvgIpc) is 3.10. The quantitative estimate of drug-likeness (QED) is 0.737. The van der Waals surface area contributed by atoms with Crippen LogP contribution in [-0.2, 0) is 0 Å². The molecule has 0 radical (unpaired) electrons. The number of hydrogen-bond donors (Lipinski definition) is 0. The molecule has 0 fully saturated rings. The maximum absolute atomic E-state index is 5.46. The molecule has 4 heteroatoms. The summed E-state index contributed by atoms with van der Waals surface area (Å²) in [6.07, 6.45) is 3.88. The number of rotatable bonds is 3. The molecule has 3 aromatic rings. The van der Waals surface area contributed by atoms with Crippen molar-refractivity contribution in [1.29, 1.82) is 0 Å². The van der Waals surface area contributed by atoms with Crippen LogP contribution in [0.4, 0.5) is 5.95 Å². The molecule has 1 aliphatic rings. The highest BCUT2D eigenvalue weighted by atomic mass is 16.5. The second-order valence-corrected chi connectivity index (χ2v) is 5.62. The molecule has 0 saturated heterocycles. The lowest BCUT2D eigenvalue weighted by atomic mass is 9.94. The van der Waals surface area contributed by atoms with Gasteiger partial charge in [0.1, 0.15) is 5.75 Å². The van der Waals surface area contributed by atoms with E-state index in [9.17, 15) is 0 Å². The van der Waals surface area contributed by atoms with Crippen molar-refractivity contribution >= 4 is 5.95 Å². The Bertz CT molecular complexity index is 826. The van der Waals surface area contributed by atoms with E-state index >= 15 is 0 Å². The van der Waals surface area contributed by atoms with Gasteiger partial charge in [0, 0.05) is 24.5 Å². The van der Waals surface area contributed by atoms with Gasteiger partial charge in [-0.15, -0.1) is 0 Å². The molecule has 2 aromatic carbocycles. The molecule has 4 rings (SSSR count). The van der Waals surface area contributed by atoms with Gasteiger partial charge in [0.25, 0.3) is 0 Å². The van der Waals surface area contributed by atoms with Crippen LogP contribution in [0.2, 0.25) is 0 Å². The molecule has 1 atom stereocenters. The van der Waals surface area contributed by atoms with E-state index in [1.165, 1.54) is 11.1 Å². The topological polar surface area (TPSA) is 30.3 Å². The summed E-state index contributed by atoms with van der Waals surface area (Å²) in [6, 6.07) is 17.0. The number of imidazole rings is 1. The molecule has 1 aliphatic heterocycles. The minimum Gasteiger partial charge on any atom is -0.497 e. The van der Waals surface area contributed by atoms with Crippen molar-refractivity contribution in [1.82, 2.24) is 9.55 Å². The van der Waals surface area contributed by atoms with Gasteiger partial charge in [0.15, 0.2) is 0 Å². The van der Waals surface area contributed by atoms with Gasteiger partial charge in [0.2, 0.25) is 5.95 Å². The average molecular weight is 305 g/mol. The molecule has 23 heavy (non-hydrogen) atoms. The Labute approximate surface area is 136 Å². The number of aromatic nitrogens is 2. The number of methoxy groups -OCH3 is 1. The summed E-state index contributed by atoms with van der Waals surface area (Å²) in [7, 11) is 1.71. The van der Waals surface area contributed by atoms with E-state index < -0.39 is 0 Å². The Hall–Kier alpha value is -2.75. The highest BCUT2D eigenvalue weighted by molar-refractivity contribution is 5.61. The molecule has 1 unspecified atom stereocenters. The first kappa shape index (κ1) is 13.9. The van der Waals surface area contributed by atoms with Crippen molar-refractivity contribution in [2.45, 2.75) is 13.0 Å². The number of fused-ring (bicyclic) bond motifs is 3. The molecule has 0 spiro atoms. The van der Waals surface area contributed by atoms with Gasteiger partial charge in [0.05, 0.1) is 18.8 Å². The van der Waals surface area contributed by atoms with E-state index in [1.54, 1.807) is 7.11 Å². The lowest BCUT2D eigenvalue weighted by Crippen LogP contribution is -2.35. The highest BCUT2D eigenvalue weighted by Crippen LogP contribution is 2.41. The summed E-state index contributed by atoms with van der Waals surface area (Å²) < 4.78 is 7.61. The first-order valence-corrected chi connectivity index (χ1v) is 7.86. The van der Waals surface area contributed by atoms with Crippen LogP contribution in [0.5, 0.6) is 5.75 Å². The fourth-order valence-electron chi connectivity index (χ4n) is 3.40. The van der Waals surface area contributed by atoms with Crippen molar-refractivity contribution in [2.24, 2.45) is 0 Å². The molecule has 0 saturated carbocycles. The third-order valence-electron chi connectivity index (χ3n) is 4.43. The van der Waals surface area contributed by atoms with Crippen LogP contribution in [0.25, 0.3) is 5.69 Å². The van der Waals surface area contributed by atoms with Crippen molar-refractivity contribution in [3.05, 3.63) is 72.1 Å². The summed E-state index contributed by atoms with van der Waals surface area (Å²) in [6.45, 7) is 3.05. The minimum atomic E-state index is 0.140. The van der Waals surface area contributed by atoms with E-state index in [0.29, 0.717) is 0 Å². The SMILES string of the molecule is CCN1c2nccn2-c2ccc(OC)cc2C1c1ccccc1. The van der Waals surface area contributed by atoms with Crippen molar-refractivity contribution in [2.75, 3.05) is 18.6 Å². The predicted molar refractivity (Wildman–Crippen MR) is 91.4 cm³/mol. The smallest absolute Gasteiger partial charge is 0.210 e. The molecular weight excluding hydrogens is 286 g/mol. The third kappa shape index (κ3) is 2.10. The third-order valence-corrected chi connectivity index (χ3v) is 4.43. The Balaban J connectivity index is 1.98. The summed E-state index contributed by atoms with van der Waals surface area (Å²) in [5, 5.41) is 0. The van der Waals surface area contributed by atoms with E-state index in [4.69, 9.17) is 4.74 Å². The fraction of sp³-hybridized carbons (Fsp3) is 0.211. The maximum atomic E-state index is 5.46. The van der Waals surface area contributed by atoms with Crippen LogP contribution in [0.15, 0.2) is 60.9 Å². The van der Waals surface area contributed by atoms with Crippen molar-refractivity contribution < 1.29 is 4.74 Å². The molecule has 0 amide bonds. The molecular formula is C19H19N3O. The monoisotopic (exact) mass is 305 g/mol.